The number of hydrogen-bond acceptors (Lipinski definition) is 3. The number of hydrogen-bond donors (Lipinski definition) is 2. The maximum absolute atomic E-state index is 13.1. The van der Waals surface area contributed by atoms with E-state index in [9.17, 15) is 9.59 Å². The Morgan fingerprint density at radius 1 is 1.00 bits per heavy atom. The molecule has 5 rings (SSSR count). The molecule has 162 valence electrons. The van der Waals surface area contributed by atoms with E-state index in [4.69, 9.17) is 0 Å². The molecule has 0 spiro atoms. The molecule has 0 atom stereocenters. The molecule has 2 amide bonds. The number of likely N-dealkylation sites (N-methyl/N-ethyl adjacent to an activating group) is 1. The van der Waals surface area contributed by atoms with Gasteiger partial charge in [-0.15, -0.1) is 0 Å². The molecule has 2 aliphatic heterocycles. The molecular formula is C26H26N4O2. The molecule has 1 aromatic heterocycles. The van der Waals surface area contributed by atoms with Crippen LogP contribution in [0.4, 0.5) is 5.69 Å². The van der Waals surface area contributed by atoms with Gasteiger partial charge in [-0.25, -0.2) is 0 Å². The van der Waals surface area contributed by atoms with Gasteiger partial charge >= 0.3 is 0 Å². The van der Waals surface area contributed by atoms with E-state index in [1.165, 1.54) is 0 Å². The second kappa shape index (κ2) is 8.13. The normalized spacial score (nSPS) is 17.5. The fourth-order valence-corrected chi connectivity index (χ4v) is 4.45. The zero-order chi connectivity index (χ0) is 22.2. The molecule has 1 fully saturated rings. The number of fused-ring (bicyclic) bond motifs is 1. The number of aromatic nitrogens is 1. The third-order valence-electron chi connectivity index (χ3n) is 6.40. The summed E-state index contributed by atoms with van der Waals surface area (Å²) in [5, 5.41) is 2.98. The molecule has 6 heteroatoms. The molecule has 2 aliphatic rings. The van der Waals surface area contributed by atoms with E-state index >= 15 is 0 Å². The summed E-state index contributed by atoms with van der Waals surface area (Å²) in [6.45, 7) is 5.15. The zero-order valence-corrected chi connectivity index (χ0v) is 18.3. The van der Waals surface area contributed by atoms with Gasteiger partial charge in [-0.2, -0.15) is 0 Å². The van der Waals surface area contributed by atoms with E-state index in [2.05, 4.69) is 22.2 Å². The van der Waals surface area contributed by atoms with Crippen LogP contribution in [0.2, 0.25) is 0 Å². The quantitative estimate of drug-likeness (QED) is 0.625. The molecule has 0 aliphatic carbocycles. The second-order valence-corrected chi connectivity index (χ2v) is 8.44. The lowest BCUT2D eigenvalue weighted by Gasteiger charge is -2.32. The Morgan fingerprint density at radius 3 is 2.50 bits per heavy atom. The van der Waals surface area contributed by atoms with Crippen molar-refractivity contribution in [1.82, 2.24) is 14.8 Å². The molecular weight excluding hydrogens is 400 g/mol. The number of amides is 2. The highest BCUT2D eigenvalue weighted by Gasteiger charge is 2.28. The minimum absolute atomic E-state index is 0.0396. The molecule has 2 aromatic carbocycles. The summed E-state index contributed by atoms with van der Waals surface area (Å²) >= 11 is 0. The minimum Gasteiger partial charge on any atom is -0.361 e. The Hall–Kier alpha value is -3.64. The maximum Gasteiger partial charge on any atom is 0.256 e. The first kappa shape index (κ1) is 20.3. The summed E-state index contributed by atoms with van der Waals surface area (Å²) in [5.41, 5.74) is 6.67. The largest absolute Gasteiger partial charge is 0.361 e. The van der Waals surface area contributed by atoms with Gasteiger partial charge in [0.2, 0.25) is 0 Å². The Balaban J connectivity index is 1.51. The van der Waals surface area contributed by atoms with Gasteiger partial charge in [0.1, 0.15) is 0 Å². The predicted octanol–water partition coefficient (Wildman–Crippen LogP) is 3.87. The van der Waals surface area contributed by atoms with Gasteiger partial charge in [0.15, 0.2) is 0 Å². The van der Waals surface area contributed by atoms with Gasteiger partial charge in [0.05, 0.1) is 11.1 Å². The van der Waals surface area contributed by atoms with Crippen molar-refractivity contribution in [2.45, 2.75) is 6.92 Å². The highest BCUT2D eigenvalue weighted by molar-refractivity contribution is 6.36. The molecule has 0 bridgehead atoms. The highest BCUT2D eigenvalue weighted by atomic mass is 16.2. The molecule has 6 nitrogen and oxygen atoms in total. The SMILES string of the molecule is Cc1c(C(=O)N2CCN(C)CC2)c[nH]c1/C=C1\C(=O)Nc2cccc(-c3ccccc3)c21. The number of aromatic amines is 1. The van der Waals surface area contributed by atoms with E-state index in [0.717, 1.165) is 59.8 Å². The number of nitrogens with zero attached hydrogens (tertiary/aromatic N) is 2. The van der Waals surface area contributed by atoms with E-state index in [1.54, 1.807) is 6.20 Å². The number of anilines is 1. The molecule has 32 heavy (non-hydrogen) atoms. The average molecular weight is 427 g/mol. The first-order valence-corrected chi connectivity index (χ1v) is 10.9. The Kier molecular flexibility index (Phi) is 5.15. The van der Waals surface area contributed by atoms with E-state index in [0.29, 0.717) is 11.1 Å². The van der Waals surface area contributed by atoms with Crippen molar-refractivity contribution in [2.75, 3.05) is 38.5 Å². The smallest absolute Gasteiger partial charge is 0.256 e. The number of carbonyl (C=O) groups excluding carboxylic acids is 2. The van der Waals surface area contributed by atoms with Crippen LogP contribution in [0.15, 0.2) is 54.7 Å². The van der Waals surface area contributed by atoms with Crippen LogP contribution >= 0.6 is 0 Å². The number of H-pyrrole nitrogens is 1. The van der Waals surface area contributed by atoms with Gasteiger partial charge in [0, 0.05) is 49.3 Å². The Morgan fingerprint density at radius 2 is 1.75 bits per heavy atom. The lowest BCUT2D eigenvalue weighted by atomic mass is 9.94. The molecule has 0 unspecified atom stereocenters. The topological polar surface area (TPSA) is 68.4 Å². The van der Waals surface area contributed by atoms with Crippen LogP contribution in [-0.2, 0) is 4.79 Å². The van der Waals surface area contributed by atoms with Crippen LogP contribution in [0.1, 0.15) is 27.2 Å². The van der Waals surface area contributed by atoms with Crippen LogP contribution in [0.5, 0.6) is 0 Å². The average Bonchev–Trinajstić information content (AvgIpc) is 3.34. The van der Waals surface area contributed by atoms with Crippen LogP contribution in [-0.4, -0.2) is 59.8 Å². The monoisotopic (exact) mass is 426 g/mol. The molecule has 0 saturated carbocycles. The van der Waals surface area contributed by atoms with Gasteiger partial charge in [0.25, 0.3) is 11.8 Å². The number of carbonyl (C=O) groups is 2. The fraction of sp³-hybridized carbons (Fsp3) is 0.231. The first-order chi connectivity index (χ1) is 15.5. The minimum atomic E-state index is -0.135. The zero-order valence-electron chi connectivity index (χ0n) is 18.3. The summed E-state index contributed by atoms with van der Waals surface area (Å²) in [6, 6.07) is 16.0. The molecule has 3 heterocycles. The van der Waals surface area contributed by atoms with Gasteiger partial charge in [-0.3, -0.25) is 9.59 Å². The van der Waals surface area contributed by atoms with Gasteiger partial charge < -0.3 is 20.1 Å². The molecule has 3 aromatic rings. The van der Waals surface area contributed by atoms with E-state index in [1.807, 2.05) is 66.4 Å². The Bertz CT molecular complexity index is 1220. The third-order valence-corrected chi connectivity index (χ3v) is 6.40. The number of rotatable bonds is 3. The van der Waals surface area contributed by atoms with E-state index < -0.39 is 0 Å². The van der Waals surface area contributed by atoms with Crippen molar-refractivity contribution in [2.24, 2.45) is 0 Å². The number of benzene rings is 2. The third kappa shape index (κ3) is 3.52. The number of nitrogens with one attached hydrogen (secondary N) is 2. The van der Waals surface area contributed by atoms with E-state index in [-0.39, 0.29) is 11.8 Å². The summed E-state index contributed by atoms with van der Waals surface area (Å²) in [6.07, 6.45) is 3.63. The van der Waals surface area contributed by atoms with Crippen LogP contribution < -0.4 is 5.32 Å². The van der Waals surface area contributed by atoms with Crippen molar-refractivity contribution < 1.29 is 9.59 Å². The molecule has 1 saturated heterocycles. The second-order valence-electron chi connectivity index (χ2n) is 8.44. The van der Waals surface area contributed by atoms with Crippen molar-refractivity contribution in [3.63, 3.8) is 0 Å². The fourth-order valence-electron chi connectivity index (χ4n) is 4.45. The van der Waals surface area contributed by atoms with Gasteiger partial charge in [-0.05, 0) is 42.8 Å². The summed E-state index contributed by atoms with van der Waals surface area (Å²) in [5.74, 6) is -0.0953. The maximum atomic E-state index is 13.1. The molecule has 0 radical (unpaired) electrons. The van der Waals surface area contributed by atoms with Crippen LogP contribution in [0.25, 0.3) is 22.8 Å². The van der Waals surface area contributed by atoms with Crippen molar-refractivity contribution in [3.05, 3.63) is 77.1 Å². The Labute approximate surface area is 187 Å². The summed E-state index contributed by atoms with van der Waals surface area (Å²) in [4.78, 5) is 33.3. The highest BCUT2D eigenvalue weighted by Crippen LogP contribution is 2.40. The lowest BCUT2D eigenvalue weighted by Crippen LogP contribution is -2.47. The van der Waals surface area contributed by atoms with Crippen molar-refractivity contribution in [3.8, 4) is 11.1 Å². The van der Waals surface area contributed by atoms with Crippen molar-refractivity contribution >= 4 is 29.2 Å². The van der Waals surface area contributed by atoms with Crippen molar-refractivity contribution in [1.29, 1.82) is 0 Å². The summed E-state index contributed by atoms with van der Waals surface area (Å²) in [7, 11) is 2.07. The van der Waals surface area contributed by atoms with Crippen LogP contribution in [0.3, 0.4) is 0 Å². The molecule has 2 N–H and O–H groups in total. The number of piperazine rings is 1. The predicted molar refractivity (Wildman–Crippen MR) is 127 cm³/mol. The standard InChI is InChI=1S/C26H26N4O2/c1-17-21(26(32)30-13-11-29(2)12-14-30)16-27-23(17)15-20-24-19(18-7-4-3-5-8-18)9-6-10-22(24)28-25(20)31/h3-10,15-16,27H,11-14H2,1-2H3,(H,28,31)/b20-15-. The first-order valence-electron chi connectivity index (χ1n) is 10.9. The van der Waals surface area contributed by atoms with Crippen LogP contribution in [0, 0.1) is 6.92 Å². The lowest BCUT2D eigenvalue weighted by molar-refractivity contribution is -0.110. The summed E-state index contributed by atoms with van der Waals surface area (Å²) < 4.78 is 0. The van der Waals surface area contributed by atoms with Gasteiger partial charge in [-0.1, -0.05) is 42.5 Å².